The molecule has 0 radical (unpaired) electrons. The Kier molecular flexibility index (Phi) is 5.40. The molecule has 0 nitrogen and oxygen atoms in total. The normalized spacial score (nSPS) is 11.4. The lowest BCUT2D eigenvalue weighted by Crippen LogP contribution is -2.10. The van der Waals surface area contributed by atoms with Gasteiger partial charge in [-0.1, -0.05) is 0 Å². The van der Waals surface area contributed by atoms with Gasteiger partial charge in [0.15, 0.2) is 58.2 Å². The van der Waals surface area contributed by atoms with E-state index in [1.165, 1.54) is 0 Å². The van der Waals surface area contributed by atoms with E-state index in [-0.39, 0.29) is 0 Å². The van der Waals surface area contributed by atoms with Crippen molar-refractivity contribution in [3.63, 3.8) is 0 Å². The summed E-state index contributed by atoms with van der Waals surface area (Å²) < 4.78 is 179. The van der Waals surface area contributed by atoms with E-state index in [0.717, 1.165) is 0 Å². The van der Waals surface area contributed by atoms with Crippen LogP contribution in [0.3, 0.4) is 0 Å². The van der Waals surface area contributed by atoms with Gasteiger partial charge in [0, 0.05) is 5.56 Å². The van der Waals surface area contributed by atoms with Gasteiger partial charge in [-0.05, 0) is 6.07 Å². The lowest BCUT2D eigenvalue weighted by molar-refractivity contribution is 0.379. The van der Waals surface area contributed by atoms with Crippen molar-refractivity contribution in [3.05, 3.63) is 81.7 Å². The van der Waals surface area contributed by atoms with Crippen molar-refractivity contribution in [2.45, 2.75) is 0 Å². The van der Waals surface area contributed by atoms with Crippen LogP contribution >= 0.6 is 0 Å². The third-order valence-electron chi connectivity index (χ3n) is 4.10. The fraction of sp³-hybridized carbons (Fsp3) is 0. The summed E-state index contributed by atoms with van der Waals surface area (Å²) >= 11 is 0. The molecule has 0 bridgehead atoms. The zero-order valence-electron chi connectivity index (χ0n) is 14.0. The van der Waals surface area contributed by atoms with Gasteiger partial charge in [-0.15, -0.1) is 0 Å². The van der Waals surface area contributed by atoms with E-state index in [0.29, 0.717) is 0 Å². The smallest absolute Gasteiger partial charge is 0.200 e. The molecule has 0 aliphatic rings. The van der Waals surface area contributed by atoms with Crippen molar-refractivity contribution in [2.75, 3.05) is 0 Å². The van der Waals surface area contributed by atoms with Crippen LogP contribution in [-0.2, 0) is 0 Å². The van der Waals surface area contributed by atoms with Gasteiger partial charge >= 0.3 is 0 Å². The third kappa shape index (κ3) is 3.10. The molecule has 31 heavy (non-hydrogen) atoms. The Morgan fingerprint density at radius 1 is 0.290 bits per heavy atom. The predicted octanol–water partition coefficient (Wildman–Crippen LogP) is 6.83. The summed E-state index contributed by atoms with van der Waals surface area (Å²) in [5, 5.41) is 0. The Morgan fingerprint density at radius 2 is 0.581 bits per heavy atom. The van der Waals surface area contributed by atoms with Crippen molar-refractivity contribution in [1.29, 1.82) is 0 Å². The highest BCUT2D eigenvalue weighted by Gasteiger charge is 2.35. The number of rotatable bonds is 2. The summed E-state index contributed by atoms with van der Waals surface area (Å²) in [6, 6.07) is -0.432. The zero-order valence-corrected chi connectivity index (χ0v) is 14.0. The van der Waals surface area contributed by atoms with Gasteiger partial charge in [0.05, 0.1) is 16.7 Å². The van der Waals surface area contributed by atoms with Gasteiger partial charge in [0.25, 0.3) is 0 Å². The minimum atomic E-state index is -2.80. The van der Waals surface area contributed by atoms with Crippen LogP contribution in [0.25, 0.3) is 22.3 Å². The van der Waals surface area contributed by atoms with Gasteiger partial charge in [-0.25, -0.2) is 57.1 Å². The lowest BCUT2D eigenvalue weighted by atomic mass is 9.95. The number of hydrogen-bond acceptors (Lipinski definition) is 0. The Balaban J connectivity index is 2.52. The Bertz CT molecular complexity index is 1200. The Hall–Kier alpha value is -3.25. The molecular weight excluding hydrogens is 463 g/mol. The first-order valence-corrected chi connectivity index (χ1v) is 7.53. The summed E-state index contributed by atoms with van der Waals surface area (Å²) in [6.07, 6.45) is 0. The quantitative estimate of drug-likeness (QED) is 0.222. The highest BCUT2D eigenvalue weighted by molar-refractivity contribution is 5.76. The standard InChI is InChI=1S/C18HF13/c19-3-1-2(4-9(22)13(26)17(30)14(27)10(4)23)7(20)5(8(3)21)6-11(24)15(28)18(31)16(29)12(6)25/h1H. The van der Waals surface area contributed by atoms with Gasteiger partial charge in [-0.3, -0.25) is 0 Å². The van der Waals surface area contributed by atoms with E-state index >= 15 is 0 Å². The maximum atomic E-state index is 14.8. The third-order valence-corrected chi connectivity index (χ3v) is 4.10. The maximum absolute atomic E-state index is 14.8. The largest absolute Gasteiger partial charge is 0.206 e. The molecule has 0 N–H and O–H groups in total. The minimum Gasteiger partial charge on any atom is -0.206 e. The molecule has 3 aromatic rings. The molecule has 164 valence electrons. The fourth-order valence-electron chi connectivity index (χ4n) is 2.67. The highest BCUT2D eigenvalue weighted by atomic mass is 19.2. The number of halogens is 13. The van der Waals surface area contributed by atoms with Crippen LogP contribution in [0, 0.1) is 75.6 Å². The SMILES string of the molecule is Fc1cc(-c2c(F)c(F)c(F)c(F)c2F)c(F)c(-c2c(F)c(F)c(F)c(F)c2F)c1F. The molecule has 0 heterocycles. The van der Waals surface area contributed by atoms with Gasteiger partial charge in [0.1, 0.15) is 5.82 Å². The molecule has 0 atom stereocenters. The average Bonchev–Trinajstić information content (AvgIpc) is 2.73. The molecule has 0 saturated carbocycles. The summed E-state index contributed by atoms with van der Waals surface area (Å²) in [6.45, 7) is 0. The molecule has 0 saturated heterocycles. The molecular formula is C18HF13. The van der Waals surface area contributed by atoms with Crippen LogP contribution in [0.15, 0.2) is 6.07 Å². The average molecular weight is 464 g/mol. The maximum Gasteiger partial charge on any atom is 0.200 e. The lowest BCUT2D eigenvalue weighted by Gasteiger charge is -2.15. The van der Waals surface area contributed by atoms with E-state index in [9.17, 15) is 57.1 Å². The van der Waals surface area contributed by atoms with Crippen LogP contribution in [0.1, 0.15) is 0 Å². The topological polar surface area (TPSA) is 0 Å². The number of benzene rings is 3. The van der Waals surface area contributed by atoms with E-state index in [4.69, 9.17) is 0 Å². The van der Waals surface area contributed by atoms with E-state index in [1.54, 1.807) is 0 Å². The first-order chi connectivity index (χ1) is 14.3. The van der Waals surface area contributed by atoms with Crippen molar-refractivity contribution in [1.82, 2.24) is 0 Å². The van der Waals surface area contributed by atoms with Gasteiger partial charge < -0.3 is 0 Å². The molecule has 3 rings (SSSR count). The Morgan fingerprint density at radius 3 is 0.968 bits per heavy atom. The van der Waals surface area contributed by atoms with Crippen molar-refractivity contribution in [2.24, 2.45) is 0 Å². The Labute approximate surface area is 162 Å². The van der Waals surface area contributed by atoms with Crippen LogP contribution in [0.5, 0.6) is 0 Å². The van der Waals surface area contributed by atoms with Crippen molar-refractivity contribution < 1.29 is 57.1 Å². The minimum absolute atomic E-state index is 0.432. The summed E-state index contributed by atoms with van der Waals surface area (Å²) in [5.74, 6) is -34.9. The highest BCUT2D eigenvalue weighted by Crippen LogP contribution is 2.41. The summed E-state index contributed by atoms with van der Waals surface area (Å²) in [4.78, 5) is 0. The summed E-state index contributed by atoms with van der Waals surface area (Å²) in [7, 11) is 0. The van der Waals surface area contributed by atoms with Crippen LogP contribution in [-0.4, -0.2) is 0 Å². The molecule has 0 amide bonds. The molecule has 0 fully saturated rings. The molecule has 0 aliphatic heterocycles. The monoisotopic (exact) mass is 464 g/mol. The molecule has 0 aromatic heterocycles. The molecule has 3 aromatic carbocycles. The van der Waals surface area contributed by atoms with E-state index < -0.39 is 104 Å². The second kappa shape index (κ2) is 7.46. The molecule has 0 unspecified atom stereocenters. The van der Waals surface area contributed by atoms with Gasteiger partial charge in [0.2, 0.25) is 11.6 Å². The van der Waals surface area contributed by atoms with Crippen molar-refractivity contribution in [3.8, 4) is 22.3 Å². The molecule has 0 aliphatic carbocycles. The second-order valence-corrected chi connectivity index (χ2v) is 5.80. The first kappa shape index (κ1) is 22.4. The van der Waals surface area contributed by atoms with Crippen LogP contribution in [0.4, 0.5) is 57.1 Å². The van der Waals surface area contributed by atoms with E-state index in [2.05, 4.69) is 0 Å². The first-order valence-electron chi connectivity index (χ1n) is 7.53. The van der Waals surface area contributed by atoms with Crippen molar-refractivity contribution >= 4 is 0 Å². The second-order valence-electron chi connectivity index (χ2n) is 5.80. The zero-order chi connectivity index (χ0) is 23.5. The number of hydrogen-bond donors (Lipinski definition) is 0. The van der Waals surface area contributed by atoms with E-state index in [1.807, 2.05) is 0 Å². The predicted molar refractivity (Wildman–Crippen MR) is 76.8 cm³/mol. The molecule has 13 heteroatoms. The van der Waals surface area contributed by atoms with Gasteiger partial charge in [-0.2, -0.15) is 0 Å². The molecule has 0 spiro atoms. The fourth-order valence-corrected chi connectivity index (χ4v) is 2.67. The van der Waals surface area contributed by atoms with Crippen LogP contribution < -0.4 is 0 Å². The summed E-state index contributed by atoms with van der Waals surface area (Å²) in [5.41, 5.74) is -8.86. The van der Waals surface area contributed by atoms with Crippen LogP contribution in [0.2, 0.25) is 0 Å².